The largest absolute Gasteiger partial charge is 0.377 e. The predicted molar refractivity (Wildman–Crippen MR) is 137 cm³/mol. The molecule has 3 N–H and O–H groups in total. The molecule has 2 fully saturated rings. The molecule has 2 unspecified atom stereocenters. The maximum Gasteiger partial charge on any atom is 0.254 e. The first-order chi connectivity index (χ1) is 17.5. The minimum absolute atomic E-state index is 0.111. The number of piperidine rings is 1. The summed E-state index contributed by atoms with van der Waals surface area (Å²) < 4.78 is 19.4. The summed E-state index contributed by atoms with van der Waals surface area (Å²) in [6, 6.07) is 13.3. The number of ether oxygens (including phenoxy) is 1. The van der Waals surface area contributed by atoms with E-state index in [4.69, 9.17) is 10.5 Å². The van der Waals surface area contributed by atoms with Gasteiger partial charge < -0.3 is 20.7 Å². The highest BCUT2D eigenvalue weighted by Gasteiger charge is 2.39. The van der Waals surface area contributed by atoms with Crippen LogP contribution in [0, 0.1) is 12.7 Å². The van der Waals surface area contributed by atoms with Gasteiger partial charge in [-0.1, -0.05) is 24.3 Å². The number of carbonyl (C=O) groups is 2. The third kappa shape index (κ3) is 6.49. The second kappa shape index (κ2) is 12.4. The van der Waals surface area contributed by atoms with Gasteiger partial charge in [0.05, 0.1) is 6.10 Å². The van der Waals surface area contributed by atoms with Gasteiger partial charge in [-0.2, -0.15) is 0 Å². The number of nitrogens with two attached hydrogens (primary N) is 1. The number of rotatable bonds is 9. The van der Waals surface area contributed by atoms with Gasteiger partial charge in [0.1, 0.15) is 11.9 Å². The van der Waals surface area contributed by atoms with Crippen LogP contribution >= 0.6 is 0 Å². The summed E-state index contributed by atoms with van der Waals surface area (Å²) in [5.41, 5.74) is 8.48. The maximum atomic E-state index is 13.4. The monoisotopic (exact) mass is 496 g/mol. The van der Waals surface area contributed by atoms with Crippen molar-refractivity contribution >= 4 is 11.8 Å². The summed E-state index contributed by atoms with van der Waals surface area (Å²) in [6.45, 7) is 5.58. The lowest BCUT2D eigenvalue weighted by Crippen LogP contribution is -2.58. The molecular weight excluding hydrogens is 459 g/mol. The Morgan fingerprint density at radius 3 is 2.64 bits per heavy atom. The lowest BCUT2D eigenvalue weighted by atomic mass is 9.93. The number of hydrogen-bond acceptors (Lipinski definition) is 5. The SMILES string of the molecule is Cc1ccccc1CN(CC1CCCO1)C1CCN(C(=O)c2ccc(F)cc2)[C@@H](C(=O)NCCN)C1. The van der Waals surface area contributed by atoms with Crippen LogP contribution in [0.25, 0.3) is 0 Å². The highest BCUT2D eigenvalue weighted by molar-refractivity contribution is 5.97. The Balaban J connectivity index is 1.56. The second-order valence-corrected chi connectivity index (χ2v) is 9.77. The van der Waals surface area contributed by atoms with Crippen molar-refractivity contribution in [3.05, 3.63) is 71.0 Å². The van der Waals surface area contributed by atoms with E-state index in [0.29, 0.717) is 31.6 Å². The highest BCUT2D eigenvalue weighted by Crippen LogP contribution is 2.28. The summed E-state index contributed by atoms with van der Waals surface area (Å²) in [4.78, 5) is 30.6. The molecule has 0 radical (unpaired) electrons. The van der Waals surface area contributed by atoms with Gasteiger partial charge in [-0.15, -0.1) is 0 Å². The number of carbonyl (C=O) groups excluding carboxylic acids is 2. The topological polar surface area (TPSA) is 87.9 Å². The molecule has 0 aliphatic carbocycles. The van der Waals surface area contributed by atoms with Gasteiger partial charge in [-0.25, -0.2) is 4.39 Å². The average Bonchev–Trinajstić information content (AvgIpc) is 3.41. The Hall–Kier alpha value is -2.81. The molecule has 0 aromatic heterocycles. The molecule has 2 aliphatic heterocycles. The Morgan fingerprint density at radius 1 is 1.17 bits per heavy atom. The Bertz CT molecular complexity index is 1030. The van der Waals surface area contributed by atoms with Gasteiger partial charge >= 0.3 is 0 Å². The Labute approximate surface area is 212 Å². The predicted octanol–water partition coefficient (Wildman–Crippen LogP) is 2.86. The minimum atomic E-state index is -0.628. The van der Waals surface area contributed by atoms with Gasteiger partial charge in [0, 0.05) is 50.9 Å². The first-order valence-electron chi connectivity index (χ1n) is 12.9. The molecule has 3 atom stereocenters. The number of aryl methyl sites for hydroxylation is 1. The number of likely N-dealkylation sites (tertiary alicyclic amines) is 1. The summed E-state index contributed by atoms with van der Waals surface area (Å²) in [5.74, 6) is -0.858. The van der Waals surface area contributed by atoms with Crippen molar-refractivity contribution in [3.8, 4) is 0 Å². The molecule has 7 nitrogen and oxygen atoms in total. The van der Waals surface area contributed by atoms with Crippen molar-refractivity contribution in [1.29, 1.82) is 0 Å². The van der Waals surface area contributed by atoms with E-state index in [1.54, 1.807) is 4.90 Å². The zero-order valence-corrected chi connectivity index (χ0v) is 21.0. The van der Waals surface area contributed by atoms with Crippen molar-refractivity contribution in [3.63, 3.8) is 0 Å². The Morgan fingerprint density at radius 2 is 1.94 bits per heavy atom. The van der Waals surface area contributed by atoms with Crippen LogP contribution in [0.15, 0.2) is 48.5 Å². The lowest BCUT2D eigenvalue weighted by Gasteiger charge is -2.43. The van der Waals surface area contributed by atoms with E-state index in [0.717, 1.165) is 39.0 Å². The first kappa shape index (κ1) is 26.3. The highest BCUT2D eigenvalue weighted by atomic mass is 19.1. The standard InChI is InChI=1S/C28H37FN4O3/c1-20-5-2-3-6-22(20)18-32(19-25-7-4-16-36-25)24-12-15-33(26(17-24)27(34)31-14-13-30)28(35)21-8-10-23(29)11-9-21/h2-3,5-6,8-11,24-26H,4,7,12-19,30H2,1H3,(H,31,34)/t24?,25?,26-/m1/s1. The molecule has 2 saturated heterocycles. The van der Waals surface area contributed by atoms with E-state index in [1.165, 1.54) is 35.4 Å². The van der Waals surface area contributed by atoms with E-state index in [2.05, 4.69) is 35.3 Å². The van der Waals surface area contributed by atoms with Crippen molar-refractivity contribution in [2.75, 3.05) is 32.8 Å². The number of nitrogens with zero attached hydrogens (tertiary/aromatic N) is 2. The molecule has 0 spiro atoms. The quantitative estimate of drug-likeness (QED) is 0.558. The average molecular weight is 497 g/mol. The number of hydrogen-bond donors (Lipinski definition) is 2. The summed E-state index contributed by atoms with van der Waals surface area (Å²) >= 11 is 0. The van der Waals surface area contributed by atoms with Crippen LogP contribution in [-0.2, 0) is 16.1 Å². The molecule has 0 bridgehead atoms. The fraction of sp³-hybridized carbons (Fsp3) is 0.500. The van der Waals surface area contributed by atoms with Gasteiger partial charge in [0.25, 0.3) is 5.91 Å². The number of nitrogens with one attached hydrogen (secondary N) is 1. The smallest absolute Gasteiger partial charge is 0.254 e. The summed E-state index contributed by atoms with van der Waals surface area (Å²) in [5, 5.41) is 2.88. The van der Waals surface area contributed by atoms with E-state index in [9.17, 15) is 14.0 Å². The number of benzene rings is 2. The van der Waals surface area contributed by atoms with Gasteiger partial charge in [0.2, 0.25) is 5.91 Å². The molecule has 0 saturated carbocycles. The van der Waals surface area contributed by atoms with Crippen LogP contribution in [0.1, 0.15) is 47.2 Å². The molecular formula is C28H37FN4O3. The zero-order valence-electron chi connectivity index (χ0n) is 21.0. The fourth-order valence-corrected chi connectivity index (χ4v) is 5.24. The van der Waals surface area contributed by atoms with Crippen LogP contribution in [0.2, 0.25) is 0 Å². The molecule has 2 amide bonds. The minimum Gasteiger partial charge on any atom is -0.377 e. The van der Waals surface area contributed by atoms with Crippen molar-refractivity contribution in [2.45, 2.75) is 57.3 Å². The van der Waals surface area contributed by atoms with E-state index in [1.807, 2.05) is 6.07 Å². The third-order valence-corrected chi connectivity index (χ3v) is 7.29. The maximum absolute atomic E-state index is 13.4. The molecule has 36 heavy (non-hydrogen) atoms. The molecule has 194 valence electrons. The normalized spacial score (nSPS) is 22.1. The number of halogens is 1. The zero-order chi connectivity index (χ0) is 25.5. The fourth-order valence-electron chi connectivity index (χ4n) is 5.24. The molecule has 8 heteroatoms. The lowest BCUT2D eigenvalue weighted by molar-refractivity contribution is -0.127. The van der Waals surface area contributed by atoms with Crippen molar-refractivity contribution in [2.24, 2.45) is 5.73 Å². The number of amides is 2. The van der Waals surface area contributed by atoms with Gasteiger partial charge in [-0.3, -0.25) is 14.5 Å². The van der Waals surface area contributed by atoms with Crippen LogP contribution in [0.3, 0.4) is 0 Å². The van der Waals surface area contributed by atoms with Crippen molar-refractivity contribution in [1.82, 2.24) is 15.1 Å². The van der Waals surface area contributed by atoms with E-state index >= 15 is 0 Å². The van der Waals surface area contributed by atoms with Crippen molar-refractivity contribution < 1.29 is 18.7 Å². The van der Waals surface area contributed by atoms with E-state index < -0.39 is 11.9 Å². The summed E-state index contributed by atoms with van der Waals surface area (Å²) in [6.07, 6.45) is 3.54. The van der Waals surface area contributed by atoms with Crippen LogP contribution in [0.4, 0.5) is 4.39 Å². The molecule has 2 aliphatic rings. The molecule has 2 aromatic rings. The second-order valence-electron chi connectivity index (χ2n) is 9.77. The first-order valence-corrected chi connectivity index (χ1v) is 12.9. The van der Waals surface area contributed by atoms with Gasteiger partial charge in [-0.05, 0) is 68.0 Å². The van der Waals surface area contributed by atoms with Gasteiger partial charge in [0.15, 0.2) is 0 Å². The van der Waals surface area contributed by atoms with Crippen LogP contribution in [-0.4, -0.2) is 72.6 Å². The molecule has 4 rings (SSSR count). The molecule has 2 aromatic carbocycles. The van der Waals surface area contributed by atoms with Crippen LogP contribution in [0.5, 0.6) is 0 Å². The van der Waals surface area contributed by atoms with Crippen LogP contribution < -0.4 is 11.1 Å². The summed E-state index contributed by atoms with van der Waals surface area (Å²) in [7, 11) is 0. The van der Waals surface area contributed by atoms with E-state index in [-0.39, 0.29) is 24.0 Å². The Kier molecular flexibility index (Phi) is 9.07. The third-order valence-electron chi connectivity index (χ3n) is 7.29. The molecule has 2 heterocycles.